The Labute approximate surface area is 145 Å². The van der Waals surface area contributed by atoms with Gasteiger partial charge in [0.15, 0.2) is 5.69 Å². The molecular formula is C14H15F3N4O5. The highest BCUT2D eigenvalue weighted by molar-refractivity contribution is 5.77. The summed E-state index contributed by atoms with van der Waals surface area (Å²) in [7, 11) is 0. The van der Waals surface area contributed by atoms with Crippen molar-refractivity contribution in [3.8, 4) is 0 Å². The minimum atomic E-state index is -4.97. The van der Waals surface area contributed by atoms with Crippen LogP contribution in [-0.2, 0) is 11.0 Å². The first-order valence-electron chi connectivity index (χ1n) is 7.63. The molecule has 1 aromatic rings. The SMILES string of the molecule is CCC(=O)N1CCC(Nc2c([N+](=O)[O-])cc(C(F)(F)F)cc2[N+](=O)[O-])C1. The highest BCUT2D eigenvalue weighted by Gasteiger charge is 2.38. The maximum atomic E-state index is 12.9. The Balaban J connectivity index is 2.42. The lowest BCUT2D eigenvalue weighted by atomic mass is 10.1. The number of benzene rings is 1. The Morgan fingerprint density at radius 2 is 1.81 bits per heavy atom. The van der Waals surface area contributed by atoms with Crippen LogP contribution in [-0.4, -0.2) is 39.8 Å². The highest BCUT2D eigenvalue weighted by atomic mass is 19.4. The average molecular weight is 376 g/mol. The van der Waals surface area contributed by atoms with Gasteiger partial charge in [-0.25, -0.2) is 0 Å². The van der Waals surface area contributed by atoms with Gasteiger partial charge in [0.05, 0.1) is 15.4 Å². The number of nitro groups is 2. The van der Waals surface area contributed by atoms with Gasteiger partial charge in [0.2, 0.25) is 5.91 Å². The molecule has 0 radical (unpaired) electrons. The number of rotatable bonds is 5. The molecule has 26 heavy (non-hydrogen) atoms. The molecule has 1 amide bonds. The number of hydrogen-bond donors (Lipinski definition) is 1. The summed E-state index contributed by atoms with van der Waals surface area (Å²) in [6.45, 7) is 2.17. The summed E-state index contributed by atoms with van der Waals surface area (Å²) in [4.78, 5) is 33.3. The third-order valence-corrected chi connectivity index (χ3v) is 4.01. The van der Waals surface area contributed by atoms with E-state index >= 15 is 0 Å². The number of carbonyl (C=O) groups excluding carboxylic acids is 1. The van der Waals surface area contributed by atoms with Crippen LogP contribution in [0.5, 0.6) is 0 Å². The Morgan fingerprint density at radius 3 is 2.23 bits per heavy atom. The van der Waals surface area contributed by atoms with E-state index in [1.165, 1.54) is 4.90 Å². The molecule has 1 aromatic carbocycles. The number of alkyl halides is 3. The predicted octanol–water partition coefficient (Wildman–Crippen LogP) is 2.94. The van der Waals surface area contributed by atoms with Gasteiger partial charge in [-0.05, 0) is 6.42 Å². The summed E-state index contributed by atoms with van der Waals surface area (Å²) in [5.41, 5.74) is -4.14. The van der Waals surface area contributed by atoms with E-state index in [9.17, 15) is 38.2 Å². The Kier molecular flexibility index (Phi) is 5.33. The minimum absolute atomic E-state index is 0.147. The molecule has 12 heteroatoms. The zero-order valence-electron chi connectivity index (χ0n) is 13.6. The van der Waals surface area contributed by atoms with E-state index in [4.69, 9.17) is 0 Å². The minimum Gasteiger partial charge on any atom is -0.369 e. The second-order valence-corrected chi connectivity index (χ2v) is 5.72. The number of nitrogens with zero attached hydrogens (tertiary/aromatic N) is 3. The second-order valence-electron chi connectivity index (χ2n) is 5.72. The molecule has 142 valence electrons. The Hall–Kier alpha value is -2.92. The number of carbonyl (C=O) groups is 1. The fourth-order valence-corrected chi connectivity index (χ4v) is 2.74. The van der Waals surface area contributed by atoms with E-state index < -0.39 is 44.7 Å². The van der Waals surface area contributed by atoms with Crippen molar-refractivity contribution in [2.24, 2.45) is 0 Å². The van der Waals surface area contributed by atoms with Gasteiger partial charge in [-0.2, -0.15) is 13.2 Å². The number of halogens is 3. The first-order chi connectivity index (χ1) is 12.0. The molecular weight excluding hydrogens is 361 g/mol. The van der Waals surface area contributed by atoms with Gasteiger partial charge in [0.1, 0.15) is 0 Å². The first-order valence-corrected chi connectivity index (χ1v) is 7.63. The molecule has 1 aliphatic rings. The largest absolute Gasteiger partial charge is 0.416 e. The zero-order chi connectivity index (χ0) is 19.6. The van der Waals surface area contributed by atoms with Gasteiger partial charge >= 0.3 is 6.18 Å². The molecule has 1 atom stereocenters. The van der Waals surface area contributed by atoms with E-state index in [2.05, 4.69) is 5.32 Å². The van der Waals surface area contributed by atoms with Crippen molar-refractivity contribution in [2.45, 2.75) is 32.0 Å². The second kappa shape index (κ2) is 7.14. The standard InChI is InChI=1S/C14H15F3N4O5/c1-2-12(22)19-4-3-9(7-19)18-13-10(20(23)24)5-8(14(15,16)17)6-11(13)21(25)26/h5-6,9,18H,2-4,7H2,1H3. The zero-order valence-corrected chi connectivity index (χ0v) is 13.6. The molecule has 1 unspecified atom stereocenters. The van der Waals surface area contributed by atoms with E-state index in [0.717, 1.165) is 0 Å². The third-order valence-electron chi connectivity index (χ3n) is 4.01. The van der Waals surface area contributed by atoms with Crippen LogP contribution in [0.1, 0.15) is 25.3 Å². The summed E-state index contributed by atoms with van der Waals surface area (Å²) in [6, 6.07) is -0.0157. The Morgan fingerprint density at radius 1 is 1.27 bits per heavy atom. The molecule has 1 heterocycles. The van der Waals surface area contributed by atoms with Crippen LogP contribution < -0.4 is 5.32 Å². The molecule has 1 aliphatic heterocycles. The first kappa shape index (κ1) is 19.4. The van der Waals surface area contributed by atoms with Crippen LogP contribution in [0.15, 0.2) is 12.1 Å². The van der Waals surface area contributed by atoms with Crippen molar-refractivity contribution in [1.82, 2.24) is 4.90 Å². The summed E-state index contributed by atoms with van der Waals surface area (Å²) in [5.74, 6) is -0.147. The predicted molar refractivity (Wildman–Crippen MR) is 83.7 cm³/mol. The molecule has 1 saturated heterocycles. The number of amides is 1. The molecule has 0 bridgehead atoms. The van der Waals surface area contributed by atoms with Crippen molar-refractivity contribution in [1.29, 1.82) is 0 Å². The highest BCUT2D eigenvalue weighted by Crippen LogP contribution is 2.41. The van der Waals surface area contributed by atoms with Crippen molar-refractivity contribution >= 4 is 23.0 Å². The van der Waals surface area contributed by atoms with Crippen molar-refractivity contribution < 1.29 is 27.8 Å². The van der Waals surface area contributed by atoms with Crippen molar-refractivity contribution in [3.63, 3.8) is 0 Å². The molecule has 9 nitrogen and oxygen atoms in total. The summed E-state index contributed by atoms with van der Waals surface area (Å²) in [5, 5.41) is 24.9. The fraction of sp³-hybridized carbons (Fsp3) is 0.500. The van der Waals surface area contributed by atoms with Gasteiger partial charge in [-0.3, -0.25) is 25.0 Å². The van der Waals surface area contributed by atoms with Crippen LogP contribution in [0, 0.1) is 20.2 Å². The normalized spacial score (nSPS) is 17.2. The molecule has 0 aliphatic carbocycles. The van der Waals surface area contributed by atoms with E-state index in [1.807, 2.05) is 0 Å². The van der Waals surface area contributed by atoms with Crippen LogP contribution in [0.4, 0.5) is 30.2 Å². The van der Waals surface area contributed by atoms with Gasteiger partial charge in [-0.1, -0.05) is 6.92 Å². The lowest BCUT2D eigenvalue weighted by Crippen LogP contribution is -2.31. The molecule has 1 fully saturated rings. The lowest BCUT2D eigenvalue weighted by molar-refractivity contribution is -0.392. The molecule has 0 saturated carbocycles. The summed E-state index contributed by atoms with van der Waals surface area (Å²) < 4.78 is 38.6. The number of likely N-dealkylation sites (tertiary alicyclic amines) is 1. The molecule has 0 aromatic heterocycles. The quantitative estimate of drug-likeness (QED) is 0.623. The van der Waals surface area contributed by atoms with E-state index in [1.54, 1.807) is 6.92 Å². The molecule has 0 spiro atoms. The topological polar surface area (TPSA) is 119 Å². The van der Waals surface area contributed by atoms with Crippen LogP contribution >= 0.6 is 0 Å². The van der Waals surface area contributed by atoms with Gasteiger partial charge in [0.25, 0.3) is 11.4 Å². The van der Waals surface area contributed by atoms with Crippen LogP contribution in [0.3, 0.4) is 0 Å². The summed E-state index contributed by atoms with van der Waals surface area (Å²) in [6.07, 6.45) is -4.35. The Bertz CT molecular complexity index is 718. The molecule has 1 N–H and O–H groups in total. The van der Waals surface area contributed by atoms with Gasteiger partial charge < -0.3 is 10.2 Å². The number of hydrogen-bond acceptors (Lipinski definition) is 6. The maximum absolute atomic E-state index is 12.9. The van der Waals surface area contributed by atoms with Crippen molar-refractivity contribution in [2.75, 3.05) is 18.4 Å². The van der Waals surface area contributed by atoms with E-state index in [0.29, 0.717) is 13.0 Å². The maximum Gasteiger partial charge on any atom is 0.416 e. The number of anilines is 1. The fourth-order valence-electron chi connectivity index (χ4n) is 2.74. The number of nitrogens with one attached hydrogen (secondary N) is 1. The van der Waals surface area contributed by atoms with E-state index in [-0.39, 0.29) is 31.0 Å². The lowest BCUT2D eigenvalue weighted by Gasteiger charge is -2.17. The van der Waals surface area contributed by atoms with Gasteiger partial charge in [0, 0.05) is 37.7 Å². The van der Waals surface area contributed by atoms with Crippen LogP contribution in [0.2, 0.25) is 0 Å². The third kappa shape index (κ3) is 4.00. The average Bonchev–Trinajstić information content (AvgIpc) is 3.01. The van der Waals surface area contributed by atoms with Crippen LogP contribution in [0.25, 0.3) is 0 Å². The molecule has 2 rings (SSSR count). The van der Waals surface area contributed by atoms with Gasteiger partial charge in [-0.15, -0.1) is 0 Å². The smallest absolute Gasteiger partial charge is 0.369 e. The number of nitro benzene ring substituents is 2. The summed E-state index contributed by atoms with van der Waals surface area (Å²) >= 11 is 0. The monoisotopic (exact) mass is 376 g/mol. The van der Waals surface area contributed by atoms with Crippen molar-refractivity contribution in [3.05, 3.63) is 37.9 Å².